The number of pyridine rings is 1. The summed E-state index contributed by atoms with van der Waals surface area (Å²) in [6.07, 6.45) is 9.28. The molecule has 8 nitrogen and oxygen atoms in total. The van der Waals surface area contributed by atoms with E-state index in [1.54, 1.807) is 0 Å². The number of nitriles is 1. The van der Waals surface area contributed by atoms with Crippen LogP contribution >= 0.6 is 0 Å². The lowest BCUT2D eigenvalue weighted by Crippen LogP contribution is -2.33. The summed E-state index contributed by atoms with van der Waals surface area (Å²) in [5.74, 6) is 0.884. The number of aliphatic imine (C=N–C) groups is 1. The summed E-state index contributed by atoms with van der Waals surface area (Å²) in [6, 6.07) is 10.8. The highest BCUT2D eigenvalue weighted by molar-refractivity contribution is 5.95. The molecule has 6 N–H and O–H groups in total. The van der Waals surface area contributed by atoms with Gasteiger partial charge in [-0.2, -0.15) is 5.26 Å². The molecular formula is C32H54N8. The maximum absolute atomic E-state index is 9.35. The molecule has 2 heterocycles. The number of hydrogen-bond acceptors (Lipinski definition) is 8. The first-order chi connectivity index (χ1) is 19.4. The first-order valence-electron chi connectivity index (χ1n) is 14.5. The van der Waals surface area contributed by atoms with Gasteiger partial charge in [-0.25, -0.2) is 0 Å². The number of nitrogens with one attached hydrogen (secondary N) is 4. The quantitative estimate of drug-likeness (QED) is 0.0649. The number of aromatic nitrogens is 1. The van der Waals surface area contributed by atoms with E-state index in [0.717, 1.165) is 66.0 Å². The van der Waals surface area contributed by atoms with E-state index in [9.17, 15) is 5.26 Å². The molecule has 0 bridgehead atoms. The van der Waals surface area contributed by atoms with E-state index in [1.807, 2.05) is 38.1 Å². The Morgan fingerprint density at radius 1 is 1.27 bits per heavy atom. The van der Waals surface area contributed by atoms with Crippen LogP contribution in [0.4, 0.5) is 5.69 Å². The minimum Gasteiger partial charge on any atom is -0.383 e. The van der Waals surface area contributed by atoms with Gasteiger partial charge in [0.2, 0.25) is 0 Å². The smallest absolute Gasteiger partial charge is 0.101 e. The second-order valence-corrected chi connectivity index (χ2v) is 10.2. The Balaban J connectivity index is 0.00000180. The minimum absolute atomic E-state index is 0. The number of fused-ring (bicyclic) bond motifs is 1. The van der Waals surface area contributed by atoms with Crippen LogP contribution in [0.25, 0.3) is 10.9 Å². The van der Waals surface area contributed by atoms with Gasteiger partial charge in [0, 0.05) is 62.8 Å². The molecular weight excluding hydrogens is 496 g/mol. The molecule has 222 valence electrons. The van der Waals surface area contributed by atoms with Crippen LogP contribution in [0.5, 0.6) is 0 Å². The summed E-state index contributed by atoms with van der Waals surface area (Å²) in [7, 11) is 1.50. The molecule has 2 aromatic rings. The highest BCUT2D eigenvalue weighted by Crippen LogP contribution is 2.25. The van der Waals surface area contributed by atoms with E-state index in [4.69, 9.17) is 0 Å². The lowest BCUT2D eigenvalue weighted by molar-refractivity contribution is 0.616. The number of nitrogens with zero attached hydrogens (tertiary/aromatic N) is 3. The predicted molar refractivity (Wildman–Crippen MR) is 175 cm³/mol. The van der Waals surface area contributed by atoms with Gasteiger partial charge in [-0.15, -0.1) is 0 Å². The van der Waals surface area contributed by atoms with Gasteiger partial charge >= 0.3 is 0 Å². The van der Waals surface area contributed by atoms with E-state index >= 15 is 0 Å². The molecule has 1 aromatic heterocycles. The molecule has 0 spiro atoms. The largest absolute Gasteiger partial charge is 0.383 e. The first-order valence-corrected chi connectivity index (χ1v) is 14.5. The van der Waals surface area contributed by atoms with Crippen molar-refractivity contribution in [2.75, 3.05) is 45.2 Å². The van der Waals surface area contributed by atoms with Gasteiger partial charge in [-0.05, 0) is 82.6 Å². The van der Waals surface area contributed by atoms with Gasteiger partial charge in [-0.3, -0.25) is 9.98 Å². The molecule has 1 aliphatic rings. The number of benzene rings is 1. The molecule has 1 fully saturated rings. The maximum atomic E-state index is 9.35. The van der Waals surface area contributed by atoms with Gasteiger partial charge < -0.3 is 27.0 Å². The normalized spacial score (nSPS) is 14.5. The highest BCUT2D eigenvalue weighted by Gasteiger charge is 2.18. The predicted octanol–water partition coefficient (Wildman–Crippen LogP) is 5.51. The molecule has 1 aromatic carbocycles. The van der Waals surface area contributed by atoms with Crippen LogP contribution in [0.3, 0.4) is 0 Å². The molecule has 3 rings (SSSR count). The molecule has 1 aliphatic heterocycles. The van der Waals surface area contributed by atoms with Crippen molar-refractivity contribution < 1.29 is 1.43 Å². The second-order valence-electron chi connectivity index (χ2n) is 10.2. The van der Waals surface area contributed by atoms with Crippen LogP contribution in [0.15, 0.2) is 52.7 Å². The maximum Gasteiger partial charge on any atom is 0.101 e. The van der Waals surface area contributed by atoms with E-state index in [1.165, 1.54) is 38.4 Å². The number of anilines is 1. The Morgan fingerprint density at radius 2 is 2.00 bits per heavy atom. The van der Waals surface area contributed by atoms with Crippen LogP contribution < -0.4 is 27.0 Å². The molecule has 40 heavy (non-hydrogen) atoms. The summed E-state index contributed by atoms with van der Waals surface area (Å²) in [6.45, 7) is 18.4. The summed E-state index contributed by atoms with van der Waals surface area (Å²) >= 11 is 0. The number of allylic oxidation sites excluding steroid dienone is 2. The molecule has 0 aliphatic carbocycles. The minimum atomic E-state index is 0. The SMILES string of the molecule is C=N/C(C)=C(\C=C/CCCC1CN1)CNCNCCNc1ccc(C#N)c2nc(C)ccc12.CCC(C)C.CN.[HH]. The van der Waals surface area contributed by atoms with Crippen LogP contribution in [0.1, 0.15) is 66.1 Å². The van der Waals surface area contributed by atoms with Crippen LogP contribution in [-0.4, -0.2) is 57.6 Å². The standard InChI is InChI=1S/C26H35N7.C5H12.CH5N.H2/c1-19-9-11-24-25(12-10-21(15-27)26(24)33-19)31-14-13-29-18-30-16-22(20(2)28-3)7-5-4-6-8-23-17-32-23;1-4-5(2)3;1-2;/h5,7,9-12,23,29-32H,3-4,6,8,13-14,16-18H2,1-2H3;5H,4H2,1-3H3;2H2,1H3;1H/b7-5-,22-20+;;;. The van der Waals surface area contributed by atoms with Crippen LogP contribution in [0, 0.1) is 24.2 Å². The zero-order valence-electron chi connectivity index (χ0n) is 25.6. The van der Waals surface area contributed by atoms with Gasteiger partial charge in [0.1, 0.15) is 6.07 Å². The van der Waals surface area contributed by atoms with Crippen molar-refractivity contribution in [2.24, 2.45) is 16.6 Å². The van der Waals surface area contributed by atoms with Crippen molar-refractivity contribution >= 4 is 23.3 Å². The third-order valence-corrected chi connectivity index (χ3v) is 6.55. The van der Waals surface area contributed by atoms with Crippen molar-refractivity contribution in [1.29, 1.82) is 5.26 Å². The van der Waals surface area contributed by atoms with Crippen molar-refractivity contribution in [3.8, 4) is 6.07 Å². The fourth-order valence-corrected chi connectivity index (χ4v) is 3.62. The van der Waals surface area contributed by atoms with E-state index in [-0.39, 0.29) is 1.43 Å². The van der Waals surface area contributed by atoms with E-state index in [2.05, 4.69) is 82.7 Å². The zero-order chi connectivity index (χ0) is 29.8. The lowest BCUT2D eigenvalue weighted by atomic mass is 10.1. The van der Waals surface area contributed by atoms with Crippen LogP contribution in [0.2, 0.25) is 0 Å². The second kappa shape index (κ2) is 20.8. The third kappa shape index (κ3) is 13.8. The van der Waals surface area contributed by atoms with E-state index < -0.39 is 0 Å². The molecule has 1 atom stereocenters. The average molecular weight is 551 g/mol. The summed E-state index contributed by atoms with van der Waals surface area (Å²) < 4.78 is 0. The molecule has 8 heteroatoms. The van der Waals surface area contributed by atoms with Gasteiger partial charge in [0.15, 0.2) is 0 Å². The Morgan fingerprint density at radius 3 is 2.62 bits per heavy atom. The molecule has 0 saturated carbocycles. The number of unbranched alkanes of at least 4 members (excludes halogenated alkanes) is 1. The summed E-state index contributed by atoms with van der Waals surface area (Å²) in [5.41, 5.74) is 9.88. The average Bonchev–Trinajstić information content (AvgIpc) is 3.80. The summed E-state index contributed by atoms with van der Waals surface area (Å²) in [4.78, 5) is 8.65. The monoisotopic (exact) mass is 550 g/mol. The summed E-state index contributed by atoms with van der Waals surface area (Å²) in [5, 5.41) is 23.9. The molecule has 0 radical (unpaired) electrons. The van der Waals surface area contributed by atoms with Gasteiger partial charge in [0.25, 0.3) is 0 Å². The molecule has 1 saturated heterocycles. The molecule has 1 unspecified atom stereocenters. The lowest BCUT2D eigenvalue weighted by Gasteiger charge is -2.12. The van der Waals surface area contributed by atoms with Crippen molar-refractivity contribution in [3.05, 3.63) is 58.9 Å². The Labute approximate surface area is 244 Å². The van der Waals surface area contributed by atoms with Crippen molar-refractivity contribution in [3.63, 3.8) is 0 Å². The Hall–Kier alpha value is -3.09. The topological polar surface area (TPSA) is 133 Å². The highest BCUT2D eigenvalue weighted by atomic mass is 15.1. The number of aryl methyl sites for hydroxylation is 1. The van der Waals surface area contributed by atoms with Crippen molar-refractivity contribution in [1.82, 2.24) is 20.9 Å². The fourth-order valence-electron chi connectivity index (χ4n) is 3.62. The Bertz CT molecular complexity index is 1120. The number of nitrogens with two attached hydrogens (primary N) is 1. The Kier molecular flexibility index (Phi) is 18.1. The van der Waals surface area contributed by atoms with Crippen LogP contribution in [-0.2, 0) is 0 Å². The number of hydrogen-bond donors (Lipinski definition) is 5. The fraction of sp³-hybridized carbons (Fsp3) is 0.531. The van der Waals surface area contributed by atoms with Crippen molar-refractivity contribution in [2.45, 2.75) is 66.3 Å². The van der Waals surface area contributed by atoms with E-state index in [0.29, 0.717) is 12.2 Å². The number of rotatable bonds is 15. The zero-order valence-corrected chi connectivity index (χ0v) is 25.6. The van der Waals surface area contributed by atoms with Gasteiger partial charge in [0.05, 0.1) is 11.1 Å². The first kappa shape index (κ1) is 34.9. The third-order valence-electron chi connectivity index (χ3n) is 6.55. The van der Waals surface area contributed by atoms with Gasteiger partial charge in [-0.1, -0.05) is 39.3 Å². The molecule has 0 amide bonds.